The van der Waals surface area contributed by atoms with Crippen LogP contribution in [0.15, 0.2) is 12.3 Å². The third-order valence-corrected chi connectivity index (χ3v) is 5.94. The number of methoxy groups -OCH3 is 1. The predicted molar refractivity (Wildman–Crippen MR) is 118 cm³/mol. The summed E-state index contributed by atoms with van der Waals surface area (Å²) in [5, 5.41) is 5.98. The molecule has 8 nitrogen and oxygen atoms in total. The van der Waals surface area contributed by atoms with E-state index in [1.807, 2.05) is 11.1 Å². The molecule has 2 amide bonds. The van der Waals surface area contributed by atoms with Gasteiger partial charge in [0, 0.05) is 37.6 Å². The van der Waals surface area contributed by atoms with Crippen molar-refractivity contribution in [2.75, 3.05) is 33.4 Å². The molecule has 1 aliphatic carbocycles. The predicted octanol–water partition coefficient (Wildman–Crippen LogP) is 2.53. The lowest BCUT2D eigenvalue weighted by atomic mass is 9.96. The smallest absolute Gasteiger partial charge is 0.406 e. The lowest BCUT2D eigenvalue weighted by molar-refractivity contribution is -0.148. The second kappa shape index (κ2) is 10.9. The van der Waals surface area contributed by atoms with Gasteiger partial charge in [-0.3, -0.25) is 9.78 Å². The van der Waals surface area contributed by atoms with Crippen LogP contribution < -0.4 is 10.6 Å². The zero-order valence-corrected chi connectivity index (χ0v) is 19.1. The number of nitrogens with zero attached hydrogens (tertiary/aromatic N) is 2. The normalized spacial score (nSPS) is 19.7. The summed E-state index contributed by atoms with van der Waals surface area (Å²) in [6, 6.07) is 2.41. The third kappa shape index (κ3) is 6.17. The number of aryl methyl sites for hydroxylation is 1. The van der Waals surface area contributed by atoms with Gasteiger partial charge in [-0.25, -0.2) is 4.79 Å². The lowest BCUT2D eigenvalue weighted by Gasteiger charge is -2.34. The van der Waals surface area contributed by atoms with Crippen LogP contribution in [0.25, 0.3) is 0 Å². The summed E-state index contributed by atoms with van der Waals surface area (Å²) in [4.78, 5) is 31.3. The van der Waals surface area contributed by atoms with Crippen LogP contribution in [-0.4, -0.2) is 67.4 Å². The van der Waals surface area contributed by atoms with Gasteiger partial charge in [0.1, 0.15) is 6.10 Å². The Bertz CT molecular complexity index is 760. The van der Waals surface area contributed by atoms with Crippen LogP contribution >= 0.6 is 0 Å². The van der Waals surface area contributed by atoms with E-state index in [4.69, 9.17) is 9.72 Å². The van der Waals surface area contributed by atoms with Gasteiger partial charge in [-0.05, 0) is 49.7 Å². The first kappa shape index (κ1) is 23.5. The summed E-state index contributed by atoms with van der Waals surface area (Å²) in [6.45, 7) is 8.82. The molecule has 1 saturated heterocycles. The van der Waals surface area contributed by atoms with E-state index in [1.165, 1.54) is 12.7 Å². The molecule has 0 radical (unpaired) electrons. The molecule has 1 aliphatic heterocycles. The summed E-state index contributed by atoms with van der Waals surface area (Å²) in [5.74, 6) is 0.370. The number of aromatic nitrogens is 1. The fraction of sp³-hybridized carbons (Fsp3) is 0.696. The lowest BCUT2D eigenvalue weighted by Crippen LogP contribution is -2.50. The van der Waals surface area contributed by atoms with Gasteiger partial charge in [0.2, 0.25) is 0 Å². The molecule has 172 valence electrons. The number of nitrogens with one attached hydrogen (secondary N) is 2. The summed E-state index contributed by atoms with van der Waals surface area (Å²) in [6.07, 6.45) is 4.77. The van der Waals surface area contributed by atoms with Gasteiger partial charge in [0.15, 0.2) is 0 Å². The molecule has 0 spiro atoms. The summed E-state index contributed by atoms with van der Waals surface area (Å²) in [5.41, 5.74) is 3.28. The van der Waals surface area contributed by atoms with E-state index in [0.717, 1.165) is 43.5 Å². The van der Waals surface area contributed by atoms with Gasteiger partial charge >= 0.3 is 6.09 Å². The number of ether oxygens (including phenoxy) is 2. The van der Waals surface area contributed by atoms with Crippen LogP contribution in [0.1, 0.15) is 68.8 Å². The Balaban J connectivity index is 1.74. The van der Waals surface area contributed by atoms with E-state index in [-0.39, 0.29) is 18.0 Å². The fourth-order valence-corrected chi connectivity index (χ4v) is 4.12. The summed E-state index contributed by atoms with van der Waals surface area (Å²) >= 11 is 0. The highest BCUT2D eigenvalue weighted by molar-refractivity contribution is 5.82. The van der Waals surface area contributed by atoms with Crippen molar-refractivity contribution in [3.8, 4) is 0 Å². The minimum Gasteiger partial charge on any atom is -0.453 e. The van der Waals surface area contributed by atoms with Crippen LogP contribution in [-0.2, 0) is 20.7 Å². The summed E-state index contributed by atoms with van der Waals surface area (Å²) < 4.78 is 10.4. The molecule has 8 heteroatoms. The van der Waals surface area contributed by atoms with Gasteiger partial charge in [0.25, 0.3) is 5.91 Å². The number of pyridine rings is 1. The highest BCUT2D eigenvalue weighted by Gasteiger charge is 2.40. The molecule has 0 bridgehead atoms. The van der Waals surface area contributed by atoms with E-state index in [9.17, 15) is 9.59 Å². The molecule has 2 heterocycles. The van der Waals surface area contributed by atoms with Crippen molar-refractivity contribution >= 4 is 12.0 Å². The van der Waals surface area contributed by atoms with Crippen molar-refractivity contribution in [1.82, 2.24) is 20.5 Å². The van der Waals surface area contributed by atoms with E-state index < -0.39 is 12.2 Å². The second-order valence-corrected chi connectivity index (χ2v) is 8.71. The number of carbonyl (C=O) groups is 2. The average Bonchev–Trinajstić information content (AvgIpc) is 3.61. The van der Waals surface area contributed by atoms with Crippen LogP contribution in [0, 0.1) is 0 Å². The van der Waals surface area contributed by atoms with Gasteiger partial charge in [0.05, 0.1) is 19.8 Å². The molecule has 1 aromatic heterocycles. The van der Waals surface area contributed by atoms with Gasteiger partial charge in [-0.2, -0.15) is 0 Å². The minimum atomic E-state index is -0.414. The van der Waals surface area contributed by atoms with E-state index in [1.54, 1.807) is 0 Å². The molecule has 0 unspecified atom stereocenters. The van der Waals surface area contributed by atoms with Crippen molar-refractivity contribution in [1.29, 1.82) is 0 Å². The van der Waals surface area contributed by atoms with Crippen molar-refractivity contribution in [3.05, 3.63) is 29.1 Å². The Morgan fingerprint density at radius 2 is 2.13 bits per heavy atom. The third-order valence-electron chi connectivity index (χ3n) is 5.94. The topological polar surface area (TPSA) is 92.8 Å². The van der Waals surface area contributed by atoms with E-state index >= 15 is 0 Å². The van der Waals surface area contributed by atoms with Crippen LogP contribution in [0.2, 0.25) is 0 Å². The standard InChI is InChI=1S/C23H36N4O4/c1-15(2)21-17(6-5-9-25-23(29)30-4)12-18(13-26-21)16(3)27(19-7-8-19)22(28)20-14-24-10-11-31-20/h12-13,15-16,19-20,24H,5-11,14H2,1-4H3,(H,25,29)/t16-,20+/m0/s1. The van der Waals surface area contributed by atoms with Crippen LogP contribution in [0.4, 0.5) is 4.79 Å². The largest absolute Gasteiger partial charge is 0.453 e. The van der Waals surface area contributed by atoms with Crippen LogP contribution in [0.5, 0.6) is 0 Å². The molecular formula is C23H36N4O4. The van der Waals surface area contributed by atoms with Gasteiger partial charge < -0.3 is 25.0 Å². The zero-order valence-electron chi connectivity index (χ0n) is 19.1. The van der Waals surface area contributed by atoms with Crippen molar-refractivity contribution in [3.63, 3.8) is 0 Å². The SMILES string of the molecule is COC(=O)NCCCc1cc([C@H](C)N(C(=O)[C@H]2CNCCO2)C2CC2)cnc1C(C)C. The Morgan fingerprint density at radius 3 is 2.74 bits per heavy atom. The average molecular weight is 433 g/mol. The van der Waals surface area contributed by atoms with Crippen molar-refractivity contribution in [2.24, 2.45) is 0 Å². The number of carbonyl (C=O) groups excluding carboxylic acids is 2. The number of hydrogen-bond donors (Lipinski definition) is 2. The quantitative estimate of drug-likeness (QED) is 0.583. The van der Waals surface area contributed by atoms with Crippen LogP contribution in [0.3, 0.4) is 0 Å². The van der Waals surface area contributed by atoms with Gasteiger partial charge in [-0.15, -0.1) is 0 Å². The molecular weight excluding hydrogens is 396 g/mol. The maximum atomic E-state index is 13.2. The fourth-order valence-electron chi connectivity index (χ4n) is 4.12. The first-order chi connectivity index (χ1) is 14.9. The Morgan fingerprint density at radius 1 is 1.35 bits per heavy atom. The molecule has 2 fully saturated rings. The van der Waals surface area contributed by atoms with E-state index in [0.29, 0.717) is 25.6 Å². The number of rotatable bonds is 9. The molecule has 31 heavy (non-hydrogen) atoms. The zero-order chi connectivity index (χ0) is 22.4. The number of amides is 2. The molecule has 1 saturated carbocycles. The Hall–Kier alpha value is -2.19. The minimum absolute atomic E-state index is 0.0637. The Labute approximate surface area is 185 Å². The number of morpholine rings is 1. The van der Waals surface area contributed by atoms with Crippen molar-refractivity contribution in [2.45, 2.75) is 70.6 Å². The molecule has 3 rings (SSSR count). The highest BCUT2D eigenvalue weighted by Crippen LogP contribution is 2.36. The highest BCUT2D eigenvalue weighted by atomic mass is 16.5. The first-order valence-electron chi connectivity index (χ1n) is 11.4. The van der Waals surface area contributed by atoms with E-state index in [2.05, 4.69) is 42.2 Å². The van der Waals surface area contributed by atoms with Crippen molar-refractivity contribution < 1.29 is 19.1 Å². The number of alkyl carbamates (subject to hydrolysis) is 1. The van der Waals surface area contributed by atoms with Gasteiger partial charge in [-0.1, -0.05) is 19.9 Å². The maximum Gasteiger partial charge on any atom is 0.406 e. The molecule has 2 N–H and O–H groups in total. The maximum absolute atomic E-state index is 13.2. The Kier molecular flexibility index (Phi) is 8.26. The molecule has 0 aromatic carbocycles. The second-order valence-electron chi connectivity index (χ2n) is 8.71. The number of hydrogen-bond acceptors (Lipinski definition) is 6. The molecule has 1 aromatic rings. The first-order valence-corrected chi connectivity index (χ1v) is 11.4. The monoisotopic (exact) mass is 432 g/mol. The summed E-state index contributed by atoms with van der Waals surface area (Å²) in [7, 11) is 1.36. The molecule has 2 aliphatic rings. The molecule has 2 atom stereocenters.